The number of rotatable bonds is 3. The predicted molar refractivity (Wildman–Crippen MR) is 177 cm³/mol. The molecule has 0 nitrogen and oxygen atoms in total. The van der Waals surface area contributed by atoms with Gasteiger partial charge in [0.2, 0.25) is 0 Å². The van der Waals surface area contributed by atoms with Crippen LogP contribution < -0.4 is 0 Å². The van der Waals surface area contributed by atoms with E-state index in [-0.39, 0.29) is 5.41 Å². The van der Waals surface area contributed by atoms with Crippen LogP contribution in [0.3, 0.4) is 0 Å². The van der Waals surface area contributed by atoms with Crippen LogP contribution in [0.4, 0.5) is 0 Å². The average Bonchev–Trinajstić information content (AvgIpc) is 3.18. The molecule has 1 aliphatic rings. The van der Waals surface area contributed by atoms with E-state index in [1.807, 2.05) is 0 Å². The Labute approximate surface area is 244 Å². The maximum Gasteiger partial charge on any atom is 0.0159 e. The quantitative estimate of drug-likeness (QED) is 0.214. The third-order valence-electron chi connectivity index (χ3n) is 9.10. The van der Waals surface area contributed by atoms with Gasteiger partial charge in [-0.1, -0.05) is 122 Å². The summed E-state index contributed by atoms with van der Waals surface area (Å²) in [6.07, 6.45) is 0. The summed E-state index contributed by atoms with van der Waals surface area (Å²) in [5.41, 5.74) is 18.3. The lowest BCUT2D eigenvalue weighted by molar-refractivity contribution is 0.660. The Morgan fingerprint density at radius 2 is 0.829 bits per heavy atom. The molecule has 0 heteroatoms. The predicted octanol–water partition coefficient (Wildman–Crippen LogP) is 11.4. The Morgan fingerprint density at radius 3 is 1.46 bits per heavy atom. The lowest BCUT2D eigenvalue weighted by atomic mass is 9.81. The molecular formula is C41H36. The first-order chi connectivity index (χ1) is 19.7. The van der Waals surface area contributed by atoms with Crippen LogP contribution in [0.5, 0.6) is 0 Å². The second kappa shape index (κ2) is 9.32. The van der Waals surface area contributed by atoms with Gasteiger partial charge in [0.05, 0.1) is 0 Å². The largest absolute Gasteiger partial charge is 0.0587 e. The minimum absolute atomic E-state index is 0.0342. The normalized spacial score (nSPS) is 13.3. The molecule has 0 aliphatic heterocycles. The molecule has 0 spiro atoms. The molecule has 0 amide bonds. The average molecular weight is 529 g/mol. The van der Waals surface area contributed by atoms with Crippen molar-refractivity contribution in [2.75, 3.05) is 0 Å². The topological polar surface area (TPSA) is 0 Å². The number of hydrogen-bond acceptors (Lipinski definition) is 0. The molecule has 6 aromatic carbocycles. The second-order valence-electron chi connectivity index (χ2n) is 12.6. The highest BCUT2D eigenvalue weighted by Crippen LogP contribution is 2.50. The Balaban J connectivity index is 1.49. The summed E-state index contributed by atoms with van der Waals surface area (Å²) in [6, 6.07) is 41.5. The van der Waals surface area contributed by atoms with Crippen LogP contribution in [0, 0.1) is 27.7 Å². The van der Waals surface area contributed by atoms with E-state index >= 15 is 0 Å². The van der Waals surface area contributed by atoms with Crippen molar-refractivity contribution in [3.05, 3.63) is 143 Å². The number of aryl methyl sites for hydroxylation is 4. The lowest BCUT2D eigenvalue weighted by Gasteiger charge is -2.22. The van der Waals surface area contributed by atoms with Crippen LogP contribution in [0.25, 0.3) is 55.3 Å². The van der Waals surface area contributed by atoms with Crippen molar-refractivity contribution in [1.82, 2.24) is 0 Å². The van der Waals surface area contributed by atoms with Gasteiger partial charge in [-0.3, -0.25) is 0 Å². The zero-order chi connectivity index (χ0) is 28.5. The van der Waals surface area contributed by atoms with E-state index in [1.54, 1.807) is 0 Å². The minimum Gasteiger partial charge on any atom is -0.0587 e. The van der Waals surface area contributed by atoms with Gasteiger partial charge in [-0.15, -0.1) is 0 Å². The molecule has 0 N–H and O–H groups in total. The SMILES string of the molecule is Cc1ccc(-c2cc(-c3ccc4c(c3)C(C)(C)c3cc(C)ccc3-4)cc3c(-c4ccc(C)cc4)cc(C)cc23)cc1. The van der Waals surface area contributed by atoms with Crippen molar-refractivity contribution >= 4 is 10.8 Å². The van der Waals surface area contributed by atoms with E-state index in [1.165, 1.54) is 88.7 Å². The molecule has 0 fully saturated rings. The summed E-state index contributed by atoms with van der Waals surface area (Å²) < 4.78 is 0. The molecule has 7 rings (SSSR count). The smallest absolute Gasteiger partial charge is 0.0159 e. The molecule has 0 aromatic heterocycles. The monoisotopic (exact) mass is 528 g/mol. The fourth-order valence-electron chi connectivity index (χ4n) is 6.75. The van der Waals surface area contributed by atoms with Crippen LogP contribution in [0.1, 0.15) is 47.2 Å². The van der Waals surface area contributed by atoms with Crippen molar-refractivity contribution in [2.24, 2.45) is 0 Å². The van der Waals surface area contributed by atoms with Crippen molar-refractivity contribution in [2.45, 2.75) is 47.0 Å². The summed E-state index contributed by atoms with van der Waals surface area (Å²) >= 11 is 0. The van der Waals surface area contributed by atoms with E-state index < -0.39 is 0 Å². The van der Waals surface area contributed by atoms with E-state index in [4.69, 9.17) is 0 Å². The van der Waals surface area contributed by atoms with E-state index in [9.17, 15) is 0 Å². The second-order valence-corrected chi connectivity index (χ2v) is 12.6. The van der Waals surface area contributed by atoms with Gasteiger partial charge in [-0.25, -0.2) is 0 Å². The van der Waals surface area contributed by atoms with Crippen LogP contribution >= 0.6 is 0 Å². The molecule has 0 bridgehead atoms. The van der Waals surface area contributed by atoms with E-state index in [0.717, 1.165) is 0 Å². The standard InChI is InChI=1S/C41H36/c1-25-7-12-29(13-8-25)35-19-28(4)20-37-36(30-14-9-26(2)10-15-30)22-32(23-38(35)37)31-16-18-34-33-17-11-27(3)21-39(33)41(5,6)40(34)24-31/h7-24H,1-6H3. The zero-order valence-electron chi connectivity index (χ0n) is 24.9. The maximum absolute atomic E-state index is 2.45. The van der Waals surface area contributed by atoms with Gasteiger partial charge >= 0.3 is 0 Å². The Bertz CT molecular complexity index is 1970. The zero-order valence-corrected chi connectivity index (χ0v) is 24.9. The summed E-state index contributed by atoms with van der Waals surface area (Å²) in [7, 11) is 0. The number of fused-ring (bicyclic) bond motifs is 4. The van der Waals surface area contributed by atoms with Gasteiger partial charge in [-0.05, 0) is 118 Å². The molecule has 0 atom stereocenters. The molecule has 0 unspecified atom stereocenters. The molecule has 0 saturated heterocycles. The van der Waals surface area contributed by atoms with Crippen LogP contribution in [0.15, 0.2) is 109 Å². The van der Waals surface area contributed by atoms with Gasteiger partial charge in [0.15, 0.2) is 0 Å². The third-order valence-corrected chi connectivity index (χ3v) is 9.10. The first-order valence-corrected chi connectivity index (χ1v) is 14.7. The molecule has 0 saturated carbocycles. The number of benzene rings is 6. The first-order valence-electron chi connectivity index (χ1n) is 14.7. The van der Waals surface area contributed by atoms with Crippen LogP contribution in [0.2, 0.25) is 0 Å². The van der Waals surface area contributed by atoms with Gasteiger partial charge in [-0.2, -0.15) is 0 Å². The molecule has 0 heterocycles. The number of hydrogen-bond donors (Lipinski definition) is 0. The molecule has 0 radical (unpaired) electrons. The first kappa shape index (κ1) is 25.5. The van der Waals surface area contributed by atoms with Crippen molar-refractivity contribution in [3.63, 3.8) is 0 Å². The van der Waals surface area contributed by atoms with Gasteiger partial charge in [0, 0.05) is 5.41 Å². The highest BCUT2D eigenvalue weighted by Gasteiger charge is 2.35. The van der Waals surface area contributed by atoms with Crippen molar-refractivity contribution in [1.29, 1.82) is 0 Å². The van der Waals surface area contributed by atoms with Gasteiger partial charge < -0.3 is 0 Å². The molecule has 41 heavy (non-hydrogen) atoms. The van der Waals surface area contributed by atoms with Gasteiger partial charge in [0.1, 0.15) is 0 Å². The summed E-state index contributed by atoms with van der Waals surface area (Å²) in [5.74, 6) is 0. The molecule has 1 aliphatic carbocycles. The Morgan fingerprint density at radius 1 is 0.341 bits per heavy atom. The van der Waals surface area contributed by atoms with Crippen LogP contribution in [-0.2, 0) is 5.41 Å². The van der Waals surface area contributed by atoms with Crippen LogP contribution in [-0.4, -0.2) is 0 Å². The fraction of sp³-hybridized carbons (Fsp3) is 0.171. The highest BCUT2D eigenvalue weighted by molar-refractivity contribution is 6.07. The van der Waals surface area contributed by atoms with Gasteiger partial charge in [0.25, 0.3) is 0 Å². The lowest BCUT2D eigenvalue weighted by Crippen LogP contribution is -2.15. The highest BCUT2D eigenvalue weighted by atomic mass is 14.4. The summed E-state index contributed by atoms with van der Waals surface area (Å²) in [6.45, 7) is 13.5. The fourth-order valence-corrected chi connectivity index (χ4v) is 6.75. The molecule has 200 valence electrons. The Kier molecular flexibility index (Phi) is 5.80. The summed E-state index contributed by atoms with van der Waals surface area (Å²) in [4.78, 5) is 0. The minimum atomic E-state index is -0.0342. The summed E-state index contributed by atoms with van der Waals surface area (Å²) in [5, 5.41) is 2.60. The van der Waals surface area contributed by atoms with E-state index in [2.05, 4.69) is 151 Å². The van der Waals surface area contributed by atoms with Crippen molar-refractivity contribution in [3.8, 4) is 44.5 Å². The van der Waals surface area contributed by atoms with E-state index in [0.29, 0.717) is 0 Å². The Hall–Kier alpha value is -4.42. The maximum atomic E-state index is 2.45. The molecular weight excluding hydrogens is 492 g/mol. The third kappa shape index (κ3) is 4.21. The van der Waals surface area contributed by atoms with Crippen molar-refractivity contribution < 1.29 is 0 Å². The molecule has 6 aromatic rings.